The molecule has 3 heterocycles. The maximum Gasteiger partial charge on any atom is 0.0693 e. The standard InChI is InChI=1S/C18H21N5/c1-2-17-16-11-19-9-8-18(16)23(21-17)13-14-10-20-22(12-14)15-6-4-3-5-7-15/h3-7,10,12,19H,2,8-9,11,13H2,1H3. The molecule has 0 aliphatic carbocycles. The summed E-state index contributed by atoms with van der Waals surface area (Å²) in [6.45, 7) is 4.94. The summed E-state index contributed by atoms with van der Waals surface area (Å²) >= 11 is 0. The predicted molar refractivity (Wildman–Crippen MR) is 89.7 cm³/mol. The summed E-state index contributed by atoms with van der Waals surface area (Å²) in [6, 6.07) is 10.2. The molecular weight excluding hydrogens is 286 g/mol. The number of benzene rings is 1. The van der Waals surface area contributed by atoms with Crippen LogP contribution >= 0.6 is 0 Å². The molecule has 118 valence electrons. The lowest BCUT2D eigenvalue weighted by atomic mass is 10.1. The van der Waals surface area contributed by atoms with E-state index in [1.54, 1.807) is 0 Å². The van der Waals surface area contributed by atoms with Crippen molar-refractivity contribution in [2.45, 2.75) is 32.9 Å². The molecule has 0 amide bonds. The number of nitrogens with zero attached hydrogens (tertiary/aromatic N) is 4. The van der Waals surface area contributed by atoms with E-state index >= 15 is 0 Å². The Hall–Kier alpha value is -2.40. The van der Waals surface area contributed by atoms with Crippen LogP contribution in [0.4, 0.5) is 0 Å². The Bertz CT molecular complexity index is 800. The van der Waals surface area contributed by atoms with Crippen molar-refractivity contribution in [1.82, 2.24) is 24.9 Å². The number of nitrogens with one attached hydrogen (secondary N) is 1. The van der Waals surface area contributed by atoms with Gasteiger partial charge in [-0.3, -0.25) is 4.68 Å². The van der Waals surface area contributed by atoms with E-state index in [1.807, 2.05) is 29.1 Å². The summed E-state index contributed by atoms with van der Waals surface area (Å²) in [5.41, 5.74) is 6.27. The molecule has 1 aliphatic rings. The van der Waals surface area contributed by atoms with Crippen molar-refractivity contribution in [3.8, 4) is 5.69 Å². The second-order valence-corrected chi connectivity index (χ2v) is 5.94. The van der Waals surface area contributed by atoms with Gasteiger partial charge in [-0.05, 0) is 18.6 Å². The Balaban J connectivity index is 1.62. The van der Waals surface area contributed by atoms with Crippen molar-refractivity contribution >= 4 is 0 Å². The molecule has 1 aromatic carbocycles. The Morgan fingerprint density at radius 1 is 1.22 bits per heavy atom. The third-order valence-corrected chi connectivity index (χ3v) is 4.41. The zero-order chi connectivity index (χ0) is 15.6. The van der Waals surface area contributed by atoms with Crippen LogP contribution in [0.2, 0.25) is 0 Å². The zero-order valence-electron chi connectivity index (χ0n) is 13.4. The third kappa shape index (κ3) is 2.68. The number of hydrogen-bond donors (Lipinski definition) is 1. The molecule has 0 unspecified atom stereocenters. The molecule has 0 saturated heterocycles. The molecule has 0 fully saturated rings. The summed E-state index contributed by atoms with van der Waals surface area (Å²) in [4.78, 5) is 0. The van der Waals surface area contributed by atoms with Crippen LogP contribution in [0.5, 0.6) is 0 Å². The number of para-hydroxylation sites is 1. The van der Waals surface area contributed by atoms with Gasteiger partial charge >= 0.3 is 0 Å². The maximum atomic E-state index is 4.83. The summed E-state index contributed by atoms with van der Waals surface area (Å²) in [5.74, 6) is 0. The van der Waals surface area contributed by atoms with E-state index in [0.29, 0.717) is 0 Å². The van der Waals surface area contributed by atoms with Gasteiger partial charge in [0, 0.05) is 42.5 Å². The Morgan fingerprint density at radius 3 is 2.91 bits per heavy atom. The quantitative estimate of drug-likeness (QED) is 0.805. The van der Waals surface area contributed by atoms with Crippen LogP contribution in [-0.4, -0.2) is 26.1 Å². The second-order valence-electron chi connectivity index (χ2n) is 5.94. The molecule has 4 rings (SSSR count). The van der Waals surface area contributed by atoms with Crippen LogP contribution in [0.15, 0.2) is 42.7 Å². The molecule has 1 aliphatic heterocycles. The lowest BCUT2D eigenvalue weighted by Gasteiger charge is -2.15. The van der Waals surface area contributed by atoms with Crippen LogP contribution in [0.1, 0.15) is 29.4 Å². The molecule has 0 spiro atoms. The Kier molecular flexibility index (Phi) is 3.71. The number of aromatic nitrogens is 4. The summed E-state index contributed by atoms with van der Waals surface area (Å²) < 4.78 is 4.09. The summed E-state index contributed by atoms with van der Waals surface area (Å²) in [6.07, 6.45) is 6.07. The first-order valence-corrected chi connectivity index (χ1v) is 8.22. The van der Waals surface area contributed by atoms with Gasteiger partial charge in [0.25, 0.3) is 0 Å². The number of aryl methyl sites for hydroxylation is 1. The monoisotopic (exact) mass is 307 g/mol. The van der Waals surface area contributed by atoms with Crippen LogP contribution in [-0.2, 0) is 25.9 Å². The summed E-state index contributed by atoms with van der Waals surface area (Å²) in [5, 5.41) is 12.8. The fourth-order valence-corrected chi connectivity index (χ4v) is 3.24. The third-order valence-electron chi connectivity index (χ3n) is 4.41. The van der Waals surface area contributed by atoms with Gasteiger partial charge in [0.05, 0.1) is 24.1 Å². The molecule has 0 radical (unpaired) electrons. The highest BCUT2D eigenvalue weighted by molar-refractivity contribution is 5.32. The van der Waals surface area contributed by atoms with Crippen molar-refractivity contribution in [2.75, 3.05) is 6.54 Å². The fraction of sp³-hybridized carbons (Fsp3) is 0.333. The average Bonchev–Trinajstić information content (AvgIpc) is 3.21. The smallest absolute Gasteiger partial charge is 0.0693 e. The SMILES string of the molecule is CCc1nn(Cc2cnn(-c3ccccc3)c2)c2c1CNCC2. The van der Waals surface area contributed by atoms with Gasteiger partial charge in [0.15, 0.2) is 0 Å². The number of rotatable bonds is 4. The predicted octanol–water partition coefficient (Wildman–Crippen LogP) is 2.33. The minimum absolute atomic E-state index is 0.787. The molecule has 3 aromatic rings. The average molecular weight is 307 g/mol. The van der Waals surface area contributed by atoms with E-state index in [0.717, 1.165) is 38.2 Å². The van der Waals surface area contributed by atoms with E-state index in [4.69, 9.17) is 5.10 Å². The topological polar surface area (TPSA) is 47.7 Å². The largest absolute Gasteiger partial charge is 0.312 e. The first-order chi connectivity index (χ1) is 11.3. The van der Waals surface area contributed by atoms with Gasteiger partial charge in [0.1, 0.15) is 0 Å². The molecule has 5 heteroatoms. The normalized spacial score (nSPS) is 14.0. The number of hydrogen-bond acceptors (Lipinski definition) is 3. The van der Waals surface area contributed by atoms with Crippen LogP contribution in [0.25, 0.3) is 5.69 Å². The molecule has 1 N–H and O–H groups in total. The molecule has 23 heavy (non-hydrogen) atoms. The molecule has 0 bridgehead atoms. The second kappa shape index (κ2) is 6.01. The van der Waals surface area contributed by atoms with E-state index in [9.17, 15) is 0 Å². The molecule has 2 aromatic heterocycles. The first-order valence-electron chi connectivity index (χ1n) is 8.22. The van der Waals surface area contributed by atoms with Gasteiger partial charge in [-0.15, -0.1) is 0 Å². The Morgan fingerprint density at radius 2 is 2.09 bits per heavy atom. The highest BCUT2D eigenvalue weighted by Gasteiger charge is 2.19. The van der Waals surface area contributed by atoms with Gasteiger partial charge in [-0.25, -0.2) is 4.68 Å². The minimum Gasteiger partial charge on any atom is -0.312 e. The molecular formula is C18H21N5. The fourth-order valence-electron chi connectivity index (χ4n) is 3.24. The van der Waals surface area contributed by atoms with Crippen molar-refractivity contribution in [3.05, 3.63) is 65.2 Å². The highest BCUT2D eigenvalue weighted by atomic mass is 15.3. The van der Waals surface area contributed by atoms with E-state index in [2.05, 4.69) is 40.4 Å². The van der Waals surface area contributed by atoms with Crippen LogP contribution < -0.4 is 5.32 Å². The molecule has 0 atom stereocenters. The van der Waals surface area contributed by atoms with Crippen LogP contribution in [0.3, 0.4) is 0 Å². The van der Waals surface area contributed by atoms with Crippen LogP contribution in [0, 0.1) is 0 Å². The maximum absolute atomic E-state index is 4.83. The van der Waals surface area contributed by atoms with Gasteiger partial charge in [0.2, 0.25) is 0 Å². The number of fused-ring (bicyclic) bond motifs is 1. The van der Waals surface area contributed by atoms with Crippen molar-refractivity contribution < 1.29 is 0 Å². The molecule has 5 nitrogen and oxygen atoms in total. The van der Waals surface area contributed by atoms with Gasteiger partial charge in [-0.2, -0.15) is 10.2 Å². The van der Waals surface area contributed by atoms with E-state index in [-0.39, 0.29) is 0 Å². The lowest BCUT2D eigenvalue weighted by molar-refractivity contribution is 0.582. The van der Waals surface area contributed by atoms with Crippen molar-refractivity contribution in [2.24, 2.45) is 0 Å². The minimum atomic E-state index is 0.787. The van der Waals surface area contributed by atoms with Gasteiger partial charge < -0.3 is 5.32 Å². The summed E-state index contributed by atoms with van der Waals surface area (Å²) in [7, 11) is 0. The lowest BCUT2D eigenvalue weighted by Crippen LogP contribution is -2.25. The Labute approximate surface area is 135 Å². The van der Waals surface area contributed by atoms with E-state index < -0.39 is 0 Å². The van der Waals surface area contributed by atoms with Crippen molar-refractivity contribution in [1.29, 1.82) is 0 Å². The highest BCUT2D eigenvalue weighted by Crippen LogP contribution is 2.20. The van der Waals surface area contributed by atoms with Gasteiger partial charge in [-0.1, -0.05) is 25.1 Å². The van der Waals surface area contributed by atoms with Crippen molar-refractivity contribution in [3.63, 3.8) is 0 Å². The zero-order valence-corrected chi connectivity index (χ0v) is 13.4. The molecule has 0 saturated carbocycles. The first kappa shape index (κ1) is 14.2. The van der Waals surface area contributed by atoms with E-state index in [1.165, 1.54) is 22.5 Å².